The highest BCUT2D eigenvalue weighted by molar-refractivity contribution is 9.09. The van der Waals surface area contributed by atoms with Gasteiger partial charge in [0.15, 0.2) is 0 Å². The van der Waals surface area contributed by atoms with E-state index >= 15 is 0 Å². The molecule has 1 rings (SSSR count). The van der Waals surface area contributed by atoms with Crippen LogP contribution in [0.15, 0.2) is 0 Å². The summed E-state index contributed by atoms with van der Waals surface area (Å²) in [5, 5.41) is 3.99. The van der Waals surface area contributed by atoms with E-state index in [-0.39, 0.29) is 18.0 Å². The van der Waals surface area contributed by atoms with E-state index in [4.69, 9.17) is 4.74 Å². The van der Waals surface area contributed by atoms with Gasteiger partial charge in [0.1, 0.15) is 5.60 Å². The zero-order valence-corrected chi connectivity index (χ0v) is 15.7. The summed E-state index contributed by atoms with van der Waals surface area (Å²) in [6.07, 6.45) is 3.01. The largest absolute Gasteiger partial charge is 0.444 e. The number of unbranched alkanes of at least 4 members (excludes halogenated alkanes) is 1. The second-order valence-corrected chi connectivity index (χ2v) is 7.81. The minimum Gasteiger partial charge on any atom is -0.444 e. The molecule has 0 bridgehead atoms. The van der Waals surface area contributed by atoms with Crippen LogP contribution in [0.25, 0.3) is 0 Å². The lowest BCUT2D eigenvalue weighted by Crippen LogP contribution is -2.54. The van der Waals surface area contributed by atoms with Gasteiger partial charge in [-0.25, -0.2) is 4.79 Å². The number of carbonyl (C=O) groups excluding carboxylic acids is 2. The Morgan fingerprint density at radius 2 is 2.00 bits per heavy atom. The third-order valence-electron chi connectivity index (χ3n) is 3.74. The van der Waals surface area contributed by atoms with Crippen LogP contribution in [-0.4, -0.2) is 47.0 Å². The van der Waals surface area contributed by atoms with Gasteiger partial charge >= 0.3 is 6.09 Å². The van der Waals surface area contributed by atoms with Crippen molar-refractivity contribution in [3.63, 3.8) is 0 Å². The van der Waals surface area contributed by atoms with E-state index in [1.54, 1.807) is 4.90 Å². The number of rotatable bonds is 5. The first-order chi connectivity index (χ1) is 10.2. The van der Waals surface area contributed by atoms with Crippen molar-refractivity contribution in [1.82, 2.24) is 10.2 Å². The zero-order chi connectivity index (χ0) is 16.8. The van der Waals surface area contributed by atoms with E-state index in [9.17, 15) is 9.59 Å². The molecule has 5 nitrogen and oxygen atoms in total. The Morgan fingerprint density at radius 3 is 2.59 bits per heavy atom. The fourth-order valence-electron chi connectivity index (χ4n) is 2.41. The lowest BCUT2D eigenvalue weighted by atomic mass is 9.93. The summed E-state index contributed by atoms with van der Waals surface area (Å²) in [5.41, 5.74) is -0.491. The van der Waals surface area contributed by atoms with E-state index in [2.05, 4.69) is 28.2 Å². The van der Waals surface area contributed by atoms with Crippen LogP contribution >= 0.6 is 15.9 Å². The number of nitrogens with one attached hydrogen (secondary N) is 1. The molecule has 6 heteroatoms. The average molecular weight is 377 g/mol. The van der Waals surface area contributed by atoms with E-state index in [1.807, 2.05) is 20.8 Å². The Bertz CT molecular complexity index is 382. The van der Waals surface area contributed by atoms with E-state index in [0.717, 1.165) is 24.6 Å². The van der Waals surface area contributed by atoms with Crippen LogP contribution in [0, 0.1) is 5.92 Å². The van der Waals surface area contributed by atoms with E-state index in [1.165, 1.54) is 0 Å². The summed E-state index contributed by atoms with van der Waals surface area (Å²) in [7, 11) is 0. The monoisotopic (exact) mass is 376 g/mol. The predicted octanol–water partition coefficient (Wildman–Crippen LogP) is 3.31. The van der Waals surface area contributed by atoms with Crippen LogP contribution in [0.3, 0.4) is 0 Å². The molecule has 1 aliphatic heterocycles. The molecular weight excluding hydrogens is 348 g/mol. The molecule has 2 atom stereocenters. The first kappa shape index (κ1) is 19.3. The van der Waals surface area contributed by atoms with Gasteiger partial charge in [-0.1, -0.05) is 22.9 Å². The normalized spacial score (nSPS) is 22.3. The minimum atomic E-state index is -0.491. The van der Waals surface area contributed by atoms with Crippen LogP contribution in [0.2, 0.25) is 0 Å². The van der Waals surface area contributed by atoms with E-state index < -0.39 is 5.60 Å². The number of carbonyl (C=O) groups is 2. The Balaban J connectivity index is 2.49. The van der Waals surface area contributed by atoms with Crippen LogP contribution in [0.5, 0.6) is 0 Å². The van der Waals surface area contributed by atoms with Gasteiger partial charge in [0.2, 0.25) is 5.91 Å². The first-order valence-corrected chi connectivity index (χ1v) is 9.18. The highest BCUT2D eigenvalue weighted by Crippen LogP contribution is 2.20. The van der Waals surface area contributed by atoms with Gasteiger partial charge in [-0.2, -0.15) is 0 Å². The summed E-state index contributed by atoms with van der Waals surface area (Å²) in [4.78, 5) is 25.8. The third-order valence-corrected chi connectivity index (χ3v) is 4.30. The molecule has 0 aliphatic carbocycles. The smallest absolute Gasteiger partial charge is 0.410 e. The van der Waals surface area contributed by atoms with Crippen LogP contribution in [0.4, 0.5) is 4.79 Å². The quantitative estimate of drug-likeness (QED) is 0.591. The lowest BCUT2D eigenvalue weighted by Gasteiger charge is -2.38. The number of hydrogen-bond acceptors (Lipinski definition) is 3. The standard InChI is InChI=1S/C16H29BrN2O3/c1-12-8-10-19(15(21)22-16(2,3)4)11-13(12)18-14(20)7-5-6-9-17/h12-13H,5-11H2,1-4H3,(H,18,20)/t12-,13-/m1/s1. The predicted molar refractivity (Wildman–Crippen MR) is 91.2 cm³/mol. The maximum absolute atomic E-state index is 12.1. The molecule has 1 saturated heterocycles. The van der Waals surface area contributed by atoms with Gasteiger partial charge in [0.25, 0.3) is 0 Å². The summed E-state index contributed by atoms with van der Waals surface area (Å²) in [6.45, 7) is 8.92. The molecule has 1 N–H and O–H groups in total. The topological polar surface area (TPSA) is 58.6 Å². The SMILES string of the molecule is C[C@@H]1CCN(C(=O)OC(C)(C)C)C[C@H]1NC(=O)CCCCBr. The number of halogens is 1. The van der Waals surface area contributed by atoms with Crippen molar-refractivity contribution >= 4 is 27.9 Å². The summed E-state index contributed by atoms with van der Waals surface area (Å²) in [5.74, 6) is 0.447. The van der Waals surface area contributed by atoms with Gasteiger partial charge in [-0.05, 0) is 46.0 Å². The van der Waals surface area contributed by atoms with Crippen molar-refractivity contribution in [2.24, 2.45) is 5.92 Å². The van der Waals surface area contributed by atoms with Gasteiger partial charge in [0.05, 0.1) is 0 Å². The number of likely N-dealkylation sites (tertiary alicyclic amines) is 1. The molecule has 0 unspecified atom stereocenters. The molecule has 1 fully saturated rings. The second-order valence-electron chi connectivity index (χ2n) is 7.01. The molecule has 1 heterocycles. The van der Waals surface area contributed by atoms with Crippen LogP contribution in [-0.2, 0) is 9.53 Å². The Morgan fingerprint density at radius 1 is 1.32 bits per heavy atom. The molecule has 0 saturated carbocycles. The van der Waals surface area contributed by atoms with Gasteiger partial charge in [0, 0.05) is 30.9 Å². The number of alkyl halides is 1. The minimum absolute atomic E-state index is 0.0118. The van der Waals surface area contributed by atoms with Crippen molar-refractivity contribution in [1.29, 1.82) is 0 Å². The van der Waals surface area contributed by atoms with Crippen LogP contribution < -0.4 is 5.32 Å². The molecule has 0 aromatic carbocycles. The fourth-order valence-corrected chi connectivity index (χ4v) is 2.81. The Labute approximate surface area is 142 Å². The zero-order valence-electron chi connectivity index (χ0n) is 14.2. The molecule has 2 amide bonds. The van der Waals surface area contributed by atoms with Crippen LogP contribution in [0.1, 0.15) is 53.4 Å². The molecule has 0 spiro atoms. The maximum atomic E-state index is 12.1. The highest BCUT2D eigenvalue weighted by atomic mass is 79.9. The molecule has 22 heavy (non-hydrogen) atoms. The van der Waals surface area contributed by atoms with Crippen molar-refractivity contribution in [3.8, 4) is 0 Å². The Kier molecular flexibility index (Phi) is 7.66. The maximum Gasteiger partial charge on any atom is 0.410 e. The van der Waals surface area contributed by atoms with Gasteiger partial charge < -0.3 is 15.0 Å². The summed E-state index contributed by atoms with van der Waals surface area (Å²) < 4.78 is 5.41. The van der Waals surface area contributed by atoms with Gasteiger partial charge in [-0.3, -0.25) is 4.79 Å². The van der Waals surface area contributed by atoms with E-state index in [0.29, 0.717) is 25.4 Å². The number of nitrogens with zero attached hydrogens (tertiary/aromatic N) is 1. The number of piperidine rings is 1. The molecule has 1 aliphatic rings. The van der Waals surface area contributed by atoms with Crippen molar-refractivity contribution in [3.05, 3.63) is 0 Å². The number of amides is 2. The molecule has 0 aromatic rings. The average Bonchev–Trinajstić information content (AvgIpc) is 2.39. The lowest BCUT2D eigenvalue weighted by molar-refractivity contribution is -0.122. The molecule has 128 valence electrons. The molecular formula is C16H29BrN2O3. The van der Waals surface area contributed by atoms with Crippen molar-refractivity contribution in [2.45, 2.75) is 65.0 Å². The molecule has 0 aromatic heterocycles. The van der Waals surface area contributed by atoms with Gasteiger partial charge in [-0.15, -0.1) is 0 Å². The summed E-state index contributed by atoms with van der Waals surface area (Å²) in [6, 6.07) is 0.0118. The Hall–Kier alpha value is -0.780. The number of ether oxygens (including phenoxy) is 1. The highest BCUT2D eigenvalue weighted by Gasteiger charge is 2.32. The molecule has 0 radical (unpaired) electrons. The second kappa shape index (κ2) is 8.75. The fraction of sp³-hybridized carbons (Fsp3) is 0.875. The van der Waals surface area contributed by atoms with Crippen molar-refractivity contribution < 1.29 is 14.3 Å². The first-order valence-electron chi connectivity index (χ1n) is 8.06. The van der Waals surface area contributed by atoms with Crippen molar-refractivity contribution in [2.75, 3.05) is 18.4 Å². The number of hydrogen-bond donors (Lipinski definition) is 1. The summed E-state index contributed by atoms with van der Waals surface area (Å²) >= 11 is 3.37. The third kappa shape index (κ3) is 6.99.